The highest BCUT2D eigenvalue weighted by molar-refractivity contribution is 6.19. The lowest BCUT2D eigenvalue weighted by atomic mass is 10.0. The van der Waals surface area contributed by atoms with E-state index in [9.17, 15) is 9.59 Å². The van der Waals surface area contributed by atoms with Gasteiger partial charge in [0.2, 0.25) is 11.8 Å². The van der Waals surface area contributed by atoms with Gasteiger partial charge < -0.3 is 5.73 Å². The summed E-state index contributed by atoms with van der Waals surface area (Å²) < 4.78 is 0. The molecule has 0 bridgehead atoms. The van der Waals surface area contributed by atoms with Gasteiger partial charge in [-0.25, -0.2) is 0 Å². The highest BCUT2D eigenvalue weighted by atomic mass is 16.2. The number of benzene rings is 1. The van der Waals surface area contributed by atoms with E-state index < -0.39 is 0 Å². The van der Waals surface area contributed by atoms with Crippen molar-refractivity contribution in [1.29, 1.82) is 0 Å². The van der Waals surface area contributed by atoms with Crippen molar-refractivity contribution in [2.45, 2.75) is 32.6 Å². The Bertz CT molecular complexity index is 464. The second-order valence-electron chi connectivity index (χ2n) is 4.59. The minimum atomic E-state index is -0.147. The number of hydrogen-bond acceptors (Lipinski definition) is 3. The SMILES string of the molecule is CC(C)c1ccc(N2C(=O)CCC2=O)cc1N. The number of amides is 2. The van der Waals surface area contributed by atoms with Crippen molar-refractivity contribution in [2.24, 2.45) is 0 Å². The largest absolute Gasteiger partial charge is 0.398 e. The normalized spacial score (nSPS) is 16.1. The molecule has 1 fully saturated rings. The fourth-order valence-electron chi connectivity index (χ4n) is 2.09. The number of nitrogens with zero attached hydrogens (tertiary/aromatic N) is 1. The third-order valence-corrected chi connectivity index (χ3v) is 3.00. The Morgan fingerprint density at radius 1 is 1.18 bits per heavy atom. The number of anilines is 2. The Labute approximate surface area is 100 Å². The van der Waals surface area contributed by atoms with Gasteiger partial charge in [0.05, 0.1) is 5.69 Å². The third-order valence-electron chi connectivity index (χ3n) is 3.00. The smallest absolute Gasteiger partial charge is 0.234 e. The van der Waals surface area contributed by atoms with Gasteiger partial charge in [-0.2, -0.15) is 0 Å². The van der Waals surface area contributed by atoms with Crippen molar-refractivity contribution in [1.82, 2.24) is 0 Å². The predicted molar refractivity (Wildman–Crippen MR) is 66.7 cm³/mol. The van der Waals surface area contributed by atoms with Gasteiger partial charge in [0.1, 0.15) is 0 Å². The molecule has 0 unspecified atom stereocenters. The number of nitrogens with two attached hydrogens (primary N) is 1. The van der Waals surface area contributed by atoms with E-state index in [1.54, 1.807) is 12.1 Å². The lowest BCUT2D eigenvalue weighted by Crippen LogP contribution is -2.28. The van der Waals surface area contributed by atoms with Gasteiger partial charge in [0.15, 0.2) is 0 Å². The van der Waals surface area contributed by atoms with Crippen LogP contribution < -0.4 is 10.6 Å². The molecule has 2 N–H and O–H groups in total. The van der Waals surface area contributed by atoms with E-state index >= 15 is 0 Å². The topological polar surface area (TPSA) is 63.4 Å². The first kappa shape index (κ1) is 11.6. The lowest BCUT2D eigenvalue weighted by molar-refractivity contribution is -0.121. The minimum absolute atomic E-state index is 0.147. The molecule has 1 aromatic rings. The zero-order valence-electron chi connectivity index (χ0n) is 10.1. The van der Waals surface area contributed by atoms with Crippen LogP contribution in [0.1, 0.15) is 38.2 Å². The summed E-state index contributed by atoms with van der Waals surface area (Å²) in [6, 6.07) is 5.37. The molecule has 4 nitrogen and oxygen atoms in total. The Morgan fingerprint density at radius 3 is 2.24 bits per heavy atom. The number of rotatable bonds is 2. The Morgan fingerprint density at radius 2 is 1.76 bits per heavy atom. The van der Waals surface area contributed by atoms with Gasteiger partial charge in [-0.1, -0.05) is 19.9 Å². The molecule has 1 heterocycles. The average Bonchev–Trinajstić information content (AvgIpc) is 2.58. The molecule has 2 rings (SSSR count). The molecule has 0 aliphatic carbocycles. The summed E-state index contributed by atoms with van der Waals surface area (Å²) in [5.41, 5.74) is 8.18. The van der Waals surface area contributed by atoms with Crippen LogP contribution in [-0.2, 0) is 9.59 Å². The molecular weight excluding hydrogens is 216 g/mol. The molecule has 0 saturated carbocycles. The molecule has 0 aromatic heterocycles. The first-order valence-corrected chi connectivity index (χ1v) is 5.76. The van der Waals surface area contributed by atoms with Crippen molar-refractivity contribution in [2.75, 3.05) is 10.6 Å². The third kappa shape index (κ3) is 2.02. The highest BCUT2D eigenvalue weighted by Crippen LogP contribution is 2.29. The molecule has 1 aromatic carbocycles. The zero-order valence-corrected chi connectivity index (χ0v) is 10.1. The quantitative estimate of drug-likeness (QED) is 0.627. The maximum Gasteiger partial charge on any atom is 0.234 e. The van der Waals surface area contributed by atoms with Crippen LogP contribution in [0.25, 0.3) is 0 Å². The van der Waals surface area contributed by atoms with Crippen LogP contribution in [0.4, 0.5) is 11.4 Å². The fraction of sp³-hybridized carbons (Fsp3) is 0.385. The number of carbonyl (C=O) groups is 2. The molecule has 0 spiro atoms. The van der Waals surface area contributed by atoms with E-state index in [1.807, 2.05) is 6.07 Å². The monoisotopic (exact) mass is 232 g/mol. The van der Waals surface area contributed by atoms with Crippen LogP contribution >= 0.6 is 0 Å². The average molecular weight is 232 g/mol. The fourth-order valence-corrected chi connectivity index (χ4v) is 2.09. The Hall–Kier alpha value is -1.84. The summed E-state index contributed by atoms with van der Waals surface area (Å²) in [7, 11) is 0. The summed E-state index contributed by atoms with van der Waals surface area (Å²) in [6.45, 7) is 4.11. The van der Waals surface area contributed by atoms with E-state index in [1.165, 1.54) is 4.90 Å². The van der Waals surface area contributed by atoms with Crippen molar-refractivity contribution < 1.29 is 9.59 Å². The van der Waals surface area contributed by atoms with Gasteiger partial charge >= 0.3 is 0 Å². The summed E-state index contributed by atoms with van der Waals surface area (Å²) in [5, 5.41) is 0. The molecule has 0 atom stereocenters. The summed E-state index contributed by atoms with van der Waals surface area (Å²) >= 11 is 0. The van der Waals surface area contributed by atoms with Crippen LogP contribution in [0, 0.1) is 0 Å². The van der Waals surface area contributed by atoms with Gasteiger partial charge in [0.25, 0.3) is 0 Å². The predicted octanol–water partition coefficient (Wildman–Crippen LogP) is 2.05. The summed E-state index contributed by atoms with van der Waals surface area (Å²) in [5.74, 6) is 0.0347. The number of nitrogen functional groups attached to an aromatic ring is 1. The first-order valence-electron chi connectivity index (χ1n) is 5.76. The Kier molecular flexibility index (Phi) is 2.88. The van der Waals surface area contributed by atoms with E-state index in [0.29, 0.717) is 30.1 Å². The molecule has 0 radical (unpaired) electrons. The molecule has 1 aliphatic heterocycles. The molecule has 1 saturated heterocycles. The molecular formula is C13H16N2O2. The van der Waals surface area contributed by atoms with E-state index in [-0.39, 0.29) is 11.8 Å². The molecule has 17 heavy (non-hydrogen) atoms. The lowest BCUT2D eigenvalue weighted by Gasteiger charge is -2.17. The number of imide groups is 1. The molecule has 4 heteroatoms. The van der Waals surface area contributed by atoms with Gasteiger partial charge in [-0.05, 0) is 23.6 Å². The number of carbonyl (C=O) groups excluding carboxylic acids is 2. The molecule has 90 valence electrons. The summed E-state index contributed by atoms with van der Waals surface area (Å²) in [6.07, 6.45) is 0.593. The Balaban J connectivity index is 2.38. The van der Waals surface area contributed by atoms with Crippen LogP contribution in [0.5, 0.6) is 0 Å². The van der Waals surface area contributed by atoms with Gasteiger partial charge in [0, 0.05) is 18.5 Å². The second kappa shape index (κ2) is 4.20. The van der Waals surface area contributed by atoms with Crippen LogP contribution in [0.2, 0.25) is 0 Å². The van der Waals surface area contributed by atoms with Crippen LogP contribution in [0.15, 0.2) is 18.2 Å². The second-order valence-corrected chi connectivity index (χ2v) is 4.59. The van der Waals surface area contributed by atoms with Crippen molar-refractivity contribution >= 4 is 23.2 Å². The van der Waals surface area contributed by atoms with Crippen LogP contribution in [-0.4, -0.2) is 11.8 Å². The highest BCUT2D eigenvalue weighted by Gasteiger charge is 2.30. The maximum absolute atomic E-state index is 11.6. The van der Waals surface area contributed by atoms with E-state index in [2.05, 4.69) is 13.8 Å². The number of hydrogen-bond donors (Lipinski definition) is 1. The summed E-state index contributed by atoms with van der Waals surface area (Å²) in [4.78, 5) is 24.4. The van der Waals surface area contributed by atoms with Crippen molar-refractivity contribution in [3.63, 3.8) is 0 Å². The first-order chi connectivity index (χ1) is 8.00. The zero-order chi connectivity index (χ0) is 12.6. The molecule has 1 aliphatic rings. The standard InChI is InChI=1S/C13H16N2O2/c1-8(2)10-4-3-9(7-11(10)14)15-12(16)5-6-13(15)17/h3-4,7-8H,5-6,14H2,1-2H3. The van der Waals surface area contributed by atoms with E-state index in [4.69, 9.17) is 5.73 Å². The van der Waals surface area contributed by atoms with E-state index in [0.717, 1.165) is 5.56 Å². The van der Waals surface area contributed by atoms with Crippen molar-refractivity contribution in [3.05, 3.63) is 23.8 Å². The minimum Gasteiger partial charge on any atom is -0.398 e. The van der Waals surface area contributed by atoms with Crippen LogP contribution in [0.3, 0.4) is 0 Å². The molecule has 2 amide bonds. The van der Waals surface area contributed by atoms with Gasteiger partial charge in [-0.3, -0.25) is 14.5 Å². The van der Waals surface area contributed by atoms with Gasteiger partial charge in [-0.15, -0.1) is 0 Å². The van der Waals surface area contributed by atoms with Crippen molar-refractivity contribution in [3.8, 4) is 0 Å². The maximum atomic E-state index is 11.6.